The van der Waals surface area contributed by atoms with Crippen LogP contribution in [0.2, 0.25) is 0 Å². The molecule has 1 aromatic rings. The summed E-state index contributed by atoms with van der Waals surface area (Å²) < 4.78 is 18.0. The first-order valence-electron chi connectivity index (χ1n) is 3.87. The van der Waals surface area contributed by atoms with Crippen LogP contribution in [0.1, 0.15) is 11.1 Å². The number of fused-ring (bicyclic) bond motifs is 1. The summed E-state index contributed by atoms with van der Waals surface area (Å²) in [6.07, 6.45) is 0. The van der Waals surface area contributed by atoms with Crippen LogP contribution in [0.5, 0.6) is 5.75 Å². The predicted molar refractivity (Wildman–Crippen MR) is 43.5 cm³/mol. The summed E-state index contributed by atoms with van der Waals surface area (Å²) >= 11 is 0. The van der Waals surface area contributed by atoms with Crippen LogP contribution in [0.15, 0.2) is 12.1 Å². The van der Waals surface area contributed by atoms with Crippen LogP contribution in [0.25, 0.3) is 0 Å². The highest BCUT2D eigenvalue weighted by atomic mass is 19.1. The second-order valence-corrected chi connectivity index (χ2v) is 2.85. The molecule has 0 fully saturated rings. The topological polar surface area (TPSA) is 21.3 Å². The highest BCUT2D eigenvalue weighted by Crippen LogP contribution is 2.27. The fourth-order valence-corrected chi connectivity index (χ4v) is 1.53. The van der Waals surface area contributed by atoms with Crippen molar-refractivity contribution in [2.45, 2.75) is 13.1 Å². The third-order valence-electron chi connectivity index (χ3n) is 2.10. The van der Waals surface area contributed by atoms with Gasteiger partial charge in [0.15, 0.2) is 0 Å². The Morgan fingerprint density at radius 1 is 1.42 bits per heavy atom. The van der Waals surface area contributed by atoms with E-state index in [9.17, 15) is 4.39 Å². The minimum atomic E-state index is -0.227. The van der Waals surface area contributed by atoms with E-state index in [0.29, 0.717) is 5.75 Å². The van der Waals surface area contributed by atoms with Gasteiger partial charge in [-0.25, -0.2) is 4.39 Å². The van der Waals surface area contributed by atoms with Crippen molar-refractivity contribution in [3.05, 3.63) is 29.1 Å². The van der Waals surface area contributed by atoms with E-state index in [1.807, 2.05) is 0 Å². The maximum absolute atomic E-state index is 12.9. The molecule has 1 aliphatic heterocycles. The molecule has 0 aromatic heterocycles. The van der Waals surface area contributed by atoms with E-state index >= 15 is 0 Å². The molecule has 1 heterocycles. The van der Waals surface area contributed by atoms with Crippen molar-refractivity contribution in [1.82, 2.24) is 5.32 Å². The molecule has 0 saturated carbocycles. The van der Waals surface area contributed by atoms with E-state index in [1.54, 1.807) is 13.2 Å². The van der Waals surface area contributed by atoms with Gasteiger partial charge in [0.1, 0.15) is 11.6 Å². The minimum absolute atomic E-state index is 0.227. The zero-order valence-corrected chi connectivity index (χ0v) is 6.86. The molecule has 1 aliphatic rings. The van der Waals surface area contributed by atoms with Gasteiger partial charge >= 0.3 is 0 Å². The SMILES string of the molecule is COc1cc(F)cc2c1CNC2. The van der Waals surface area contributed by atoms with Crippen molar-refractivity contribution in [2.24, 2.45) is 0 Å². The van der Waals surface area contributed by atoms with E-state index in [1.165, 1.54) is 6.07 Å². The fourth-order valence-electron chi connectivity index (χ4n) is 1.53. The highest BCUT2D eigenvalue weighted by Gasteiger charge is 2.15. The average molecular weight is 167 g/mol. The quantitative estimate of drug-likeness (QED) is 0.683. The Labute approximate surface area is 70.3 Å². The third kappa shape index (κ3) is 1.06. The van der Waals surface area contributed by atoms with Crippen LogP contribution in [0.4, 0.5) is 4.39 Å². The Balaban J connectivity index is 2.55. The van der Waals surface area contributed by atoms with E-state index in [-0.39, 0.29) is 5.82 Å². The van der Waals surface area contributed by atoms with E-state index in [2.05, 4.69) is 5.32 Å². The van der Waals surface area contributed by atoms with Gasteiger partial charge in [-0.05, 0) is 11.6 Å². The van der Waals surface area contributed by atoms with Crippen molar-refractivity contribution in [2.75, 3.05) is 7.11 Å². The molecule has 0 aliphatic carbocycles. The van der Waals surface area contributed by atoms with Gasteiger partial charge in [0, 0.05) is 24.7 Å². The summed E-state index contributed by atoms with van der Waals surface area (Å²) in [5.41, 5.74) is 2.09. The number of rotatable bonds is 1. The van der Waals surface area contributed by atoms with Crippen molar-refractivity contribution in [3.63, 3.8) is 0 Å². The van der Waals surface area contributed by atoms with Gasteiger partial charge in [0.25, 0.3) is 0 Å². The molecule has 0 atom stereocenters. The van der Waals surface area contributed by atoms with Crippen LogP contribution in [-0.4, -0.2) is 7.11 Å². The second-order valence-electron chi connectivity index (χ2n) is 2.85. The number of halogens is 1. The average Bonchev–Trinajstić information content (AvgIpc) is 2.50. The molecule has 3 heteroatoms. The summed E-state index contributed by atoms with van der Waals surface area (Å²) in [7, 11) is 1.56. The highest BCUT2D eigenvalue weighted by molar-refractivity contribution is 5.42. The molecular formula is C9H10FNO. The van der Waals surface area contributed by atoms with Crippen LogP contribution < -0.4 is 10.1 Å². The van der Waals surface area contributed by atoms with E-state index in [0.717, 1.165) is 24.2 Å². The van der Waals surface area contributed by atoms with Gasteiger partial charge in [-0.15, -0.1) is 0 Å². The van der Waals surface area contributed by atoms with Gasteiger partial charge in [0.2, 0.25) is 0 Å². The monoisotopic (exact) mass is 167 g/mol. The maximum Gasteiger partial charge on any atom is 0.127 e. The summed E-state index contributed by atoms with van der Waals surface area (Å²) in [6, 6.07) is 2.98. The molecule has 64 valence electrons. The predicted octanol–water partition coefficient (Wildman–Crippen LogP) is 1.44. The number of benzene rings is 1. The Hall–Kier alpha value is -1.09. The van der Waals surface area contributed by atoms with Crippen LogP contribution in [0, 0.1) is 5.82 Å². The second kappa shape index (κ2) is 2.75. The summed E-state index contributed by atoms with van der Waals surface area (Å²) in [4.78, 5) is 0. The van der Waals surface area contributed by atoms with E-state index < -0.39 is 0 Å². The number of nitrogens with one attached hydrogen (secondary N) is 1. The fraction of sp³-hybridized carbons (Fsp3) is 0.333. The first-order valence-corrected chi connectivity index (χ1v) is 3.87. The molecule has 0 unspecified atom stereocenters. The van der Waals surface area contributed by atoms with E-state index in [4.69, 9.17) is 4.74 Å². The molecular weight excluding hydrogens is 157 g/mol. The molecule has 12 heavy (non-hydrogen) atoms. The number of methoxy groups -OCH3 is 1. The molecule has 1 N–H and O–H groups in total. The van der Waals surface area contributed by atoms with Crippen LogP contribution in [0.3, 0.4) is 0 Å². The molecule has 0 spiro atoms. The van der Waals surface area contributed by atoms with Crippen molar-refractivity contribution in [1.29, 1.82) is 0 Å². The third-order valence-corrected chi connectivity index (χ3v) is 2.10. The molecule has 0 bridgehead atoms. The first-order chi connectivity index (χ1) is 5.81. The molecule has 2 nitrogen and oxygen atoms in total. The molecule has 1 aromatic carbocycles. The maximum atomic E-state index is 12.9. The first kappa shape index (κ1) is 7.55. The van der Waals surface area contributed by atoms with Gasteiger partial charge in [0.05, 0.1) is 7.11 Å². The lowest BCUT2D eigenvalue weighted by molar-refractivity contribution is 0.406. The standard InChI is InChI=1S/C9H10FNO/c1-12-9-3-7(10)2-6-4-11-5-8(6)9/h2-3,11H,4-5H2,1H3. The van der Waals surface area contributed by atoms with Crippen LogP contribution in [-0.2, 0) is 13.1 Å². The number of ether oxygens (including phenoxy) is 1. The van der Waals surface area contributed by atoms with Crippen LogP contribution >= 0.6 is 0 Å². The smallest absolute Gasteiger partial charge is 0.127 e. The van der Waals surface area contributed by atoms with Gasteiger partial charge in [-0.3, -0.25) is 0 Å². The lowest BCUT2D eigenvalue weighted by Gasteiger charge is -2.05. The lowest BCUT2D eigenvalue weighted by atomic mass is 10.1. The van der Waals surface area contributed by atoms with Crippen molar-refractivity contribution >= 4 is 0 Å². The molecule has 2 rings (SSSR count). The lowest BCUT2D eigenvalue weighted by Crippen LogP contribution is -2.00. The molecule has 0 amide bonds. The van der Waals surface area contributed by atoms with Crippen molar-refractivity contribution in [3.8, 4) is 5.75 Å². The van der Waals surface area contributed by atoms with Gasteiger partial charge in [-0.1, -0.05) is 0 Å². The Kier molecular flexibility index (Phi) is 1.73. The molecule has 0 saturated heterocycles. The van der Waals surface area contributed by atoms with Crippen molar-refractivity contribution < 1.29 is 9.13 Å². The zero-order valence-electron chi connectivity index (χ0n) is 6.86. The number of hydrogen-bond acceptors (Lipinski definition) is 2. The number of hydrogen-bond donors (Lipinski definition) is 1. The molecule has 0 radical (unpaired) electrons. The minimum Gasteiger partial charge on any atom is -0.496 e. The largest absolute Gasteiger partial charge is 0.496 e. The Morgan fingerprint density at radius 3 is 3.00 bits per heavy atom. The summed E-state index contributed by atoms with van der Waals surface area (Å²) in [6.45, 7) is 1.52. The zero-order chi connectivity index (χ0) is 8.55. The summed E-state index contributed by atoms with van der Waals surface area (Å²) in [5, 5.41) is 3.14. The van der Waals surface area contributed by atoms with Gasteiger partial charge in [-0.2, -0.15) is 0 Å². The summed E-state index contributed by atoms with van der Waals surface area (Å²) in [5.74, 6) is 0.421. The Bertz CT molecular complexity index is 312. The normalized spacial score (nSPS) is 14.5. The van der Waals surface area contributed by atoms with Gasteiger partial charge < -0.3 is 10.1 Å². The Morgan fingerprint density at radius 2 is 2.25 bits per heavy atom.